The van der Waals surface area contributed by atoms with Crippen LogP contribution in [0.1, 0.15) is 160 Å². The van der Waals surface area contributed by atoms with Crippen molar-refractivity contribution in [3.63, 3.8) is 0 Å². The fourth-order valence-corrected chi connectivity index (χ4v) is 7.89. The maximum Gasteiger partial charge on any atom is 0.0811 e. The average molecular weight is 545 g/mol. The molecule has 0 bridgehead atoms. The lowest BCUT2D eigenvalue weighted by atomic mass is 9.49. The first kappa shape index (κ1) is 34.9. The molecule has 0 aromatic heterocycles. The van der Waals surface area contributed by atoms with Gasteiger partial charge in [0, 0.05) is 0 Å². The van der Waals surface area contributed by atoms with Gasteiger partial charge in [-0.1, -0.05) is 86.8 Å². The Labute approximate surface area is 247 Å². The molecule has 1 heteroatoms. The lowest BCUT2D eigenvalue weighted by molar-refractivity contribution is -0.0549. The fourth-order valence-electron chi connectivity index (χ4n) is 7.89. The molecule has 230 valence electrons. The molecule has 1 aliphatic heterocycles. The minimum atomic E-state index is 0.551. The SMILES string of the molecule is CC1=CCC(C)C1.CC1CC(C)C1.CC1CC1C.CC1CC2(C1)CC(C)C2.CC1CCC(C)C1.CC1OC1C. The number of hydrogen-bond donors (Lipinski definition) is 0. The summed E-state index contributed by atoms with van der Waals surface area (Å²) in [4.78, 5) is 0. The van der Waals surface area contributed by atoms with Crippen LogP contribution in [-0.2, 0) is 4.74 Å². The van der Waals surface area contributed by atoms with E-state index in [0.717, 1.165) is 58.7 Å². The van der Waals surface area contributed by atoms with E-state index in [1.165, 1.54) is 77.0 Å². The van der Waals surface area contributed by atoms with Crippen LogP contribution in [0.5, 0.6) is 0 Å². The van der Waals surface area contributed by atoms with Gasteiger partial charge in [0.15, 0.2) is 0 Å². The van der Waals surface area contributed by atoms with Crippen LogP contribution >= 0.6 is 0 Å². The molecule has 6 fully saturated rings. The monoisotopic (exact) mass is 545 g/mol. The Bertz CT molecular complexity index is 630. The maximum absolute atomic E-state index is 4.92. The van der Waals surface area contributed by atoms with Crippen molar-refractivity contribution < 1.29 is 4.74 Å². The van der Waals surface area contributed by atoms with Crippen LogP contribution in [0.2, 0.25) is 0 Å². The molecule has 6 aliphatic carbocycles. The minimum absolute atomic E-state index is 0.551. The molecule has 1 spiro atoms. The first-order valence-corrected chi connectivity index (χ1v) is 17.5. The van der Waals surface area contributed by atoms with Crippen LogP contribution in [0.3, 0.4) is 0 Å². The Kier molecular flexibility index (Phi) is 14.6. The number of ether oxygens (including phenoxy) is 1. The summed E-state index contributed by atoms with van der Waals surface area (Å²) in [6.45, 7) is 27.4. The highest BCUT2D eigenvalue weighted by Crippen LogP contribution is 2.60. The van der Waals surface area contributed by atoms with Gasteiger partial charge in [-0.2, -0.15) is 0 Å². The fraction of sp³-hybridized carbons (Fsp3) is 0.947. The summed E-state index contributed by atoms with van der Waals surface area (Å²) in [7, 11) is 0. The summed E-state index contributed by atoms with van der Waals surface area (Å²) in [5, 5.41) is 0. The smallest absolute Gasteiger partial charge is 0.0811 e. The highest BCUT2D eigenvalue weighted by Gasteiger charge is 2.49. The van der Waals surface area contributed by atoms with E-state index < -0.39 is 0 Å². The van der Waals surface area contributed by atoms with Gasteiger partial charge in [-0.3, -0.25) is 0 Å². The molecule has 1 heterocycles. The predicted octanol–water partition coefficient (Wildman–Crippen LogP) is 12.1. The zero-order valence-electron chi connectivity index (χ0n) is 28.8. The normalized spacial score (nSPS) is 45.6. The molecular formula is C38H72O. The van der Waals surface area contributed by atoms with Crippen molar-refractivity contribution >= 4 is 0 Å². The van der Waals surface area contributed by atoms with Gasteiger partial charge >= 0.3 is 0 Å². The molecule has 5 saturated carbocycles. The van der Waals surface area contributed by atoms with E-state index in [1.54, 1.807) is 5.57 Å². The molecule has 7 unspecified atom stereocenters. The molecule has 39 heavy (non-hydrogen) atoms. The van der Waals surface area contributed by atoms with Gasteiger partial charge in [0.1, 0.15) is 0 Å². The molecule has 7 rings (SSSR count). The van der Waals surface area contributed by atoms with Gasteiger partial charge in [-0.05, 0) is 144 Å². The summed E-state index contributed by atoms with van der Waals surface area (Å²) < 4.78 is 4.92. The molecule has 1 nitrogen and oxygen atoms in total. The summed E-state index contributed by atoms with van der Waals surface area (Å²) in [5.41, 5.74) is 2.46. The Morgan fingerprint density at radius 1 is 0.538 bits per heavy atom. The van der Waals surface area contributed by atoms with E-state index in [1.807, 2.05) is 0 Å². The second-order valence-corrected chi connectivity index (χ2v) is 16.6. The van der Waals surface area contributed by atoms with Crippen molar-refractivity contribution in [2.75, 3.05) is 0 Å². The third-order valence-corrected chi connectivity index (χ3v) is 10.8. The number of hydrogen-bond acceptors (Lipinski definition) is 1. The highest BCUT2D eigenvalue weighted by molar-refractivity contribution is 5.05. The average Bonchev–Trinajstić information content (AvgIpc) is 3.51. The van der Waals surface area contributed by atoms with Crippen molar-refractivity contribution in [3.05, 3.63) is 11.6 Å². The lowest BCUT2D eigenvalue weighted by Crippen LogP contribution is -2.45. The molecule has 1 saturated heterocycles. The summed E-state index contributed by atoms with van der Waals surface area (Å²) >= 11 is 0. The molecule has 0 aromatic carbocycles. The maximum atomic E-state index is 4.92. The third-order valence-electron chi connectivity index (χ3n) is 10.8. The highest BCUT2D eigenvalue weighted by atomic mass is 16.6. The topological polar surface area (TPSA) is 12.5 Å². The van der Waals surface area contributed by atoms with E-state index in [0.29, 0.717) is 12.2 Å². The molecule has 0 aromatic rings. The van der Waals surface area contributed by atoms with Gasteiger partial charge in [-0.15, -0.1) is 0 Å². The molecular weight excluding hydrogens is 472 g/mol. The minimum Gasteiger partial charge on any atom is -0.370 e. The van der Waals surface area contributed by atoms with Crippen molar-refractivity contribution in [2.24, 2.45) is 58.7 Å². The summed E-state index contributed by atoms with van der Waals surface area (Å²) in [6.07, 6.45) is 21.1. The molecule has 7 aliphatic rings. The van der Waals surface area contributed by atoms with Gasteiger partial charge in [-0.25, -0.2) is 0 Å². The van der Waals surface area contributed by atoms with Crippen molar-refractivity contribution in [1.29, 1.82) is 0 Å². The standard InChI is InChI=1S/C9H16.C7H14.C7H12.C6H12.C5H10.C4H8O/c1-7-3-9(4-7)5-8(2)6-9;2*1-6-3-4-7(2)5-6;1-5-3-6(2)4-5;1-4-3-5(4)2;1-3-4(2)5-3/h7-8H,3-6H2,1-2H3;6-7H,3-5H2,1-2H3;3,7H,4-5H2,1-2H3;5-6H,3-4H2,1-2H3;4-5H,3H2,1-2H3;3-4H,1-2H3. The van der Waals surface area contributed by atoms with Gasteiger partial charge < -0.3 is 4.74 Å². The Morgan fingerprint density at radius 2 is 0.897 bits per heavy atom. The Hall–Kier alpha value is -0.300. The van der Waals surface area contributed by atoms with Crippen molar-refractivity contribution in [1.82, 2.24) is 0 Å². The second kappa shape index (κ2) is 16.4. The molecule has 0 amide bonds. The zero-order chi connectivity index (χ0) is 29.3. The second-order valence-electron chi connectivity index (χ2n) is 16.6. The van der Waals surface area contributed by atoms with E-state index >= 15 is 0 Å². The van der Waals surface area contributed by atoms with Crippen molar-refractivity contribution in [3.8, 4) is 0 Å². The third kappa shape index (κ3) is 14.4. The van der Waals surface area contributed by atoms with E-state index in [-0.39, 0.29) is 0 Å². The molecule has 7 atom stereocenters. The van der Waals surface area contributed by atoms with Gasteiger partial charge in [0.05, 0.1) is 12.2 Å². The van der Waals surface area contributed by atoms with Crippen LogP contribution in [0.25, 0.3) is 0 Å². The van der Waals surface area contributed by atoms with Gasteiger partial charge in [0.2, 0.25) is 0 Å². The van der Waals surface area contributed by atoms with E-state index in [4.69, 9.17) is 4.74 Å². The summed E-state index contributed by atoms with van der Waals surface area (Å²) in [5.74, 6) is 9.27. The Morgan fingerprint density at radius 3 is 1.00 bits per heavy atom. The van der Waals surface area contributed by atoms with E-state index in [9.17, 15) is 0 Å². The van der Waals surface area contributed by atoms with Crippen LogP contribution in [0, 0.1) is 58.7 Å². The summed E-state index contributed by atoms with van der Waals surface area (Å²) in [6, 6.07) is 0. The zero-order valence-corrected chi connectivity index (χ0v) is 28.8. The van der Waals surface area contributed by atoms with Crippen LogP contribution in [-0.4, -0.2) is 12.2 Å². The number of epoxide rings is 1. The number of allylic oxidation sites excluding steroid dienone is 2. The van der Waals surface area contributed by atoms with E-state index in [2.05, 4.69) is 89.2 Å². The quantitative estimate of drug-likeness (QED) is 0.218. The molecule has 0 radical (unpaired) electrons. The Balaban J connectivity index is 0.000000166. The number of rotatable bonds is 0. The van der Waals surface area contributed by atoms with Crippen LogP contribution < -0.4 is 0 Å². The van der Waals surface area contributed by atoms with Crippen LogP contribution in [0.15, 0.2) is 11.6 Å². The molecule has 0 N–H and O–H groups in total. The largest absolute Gasteiger partial charge is 0.370 e. The first-order chi connectivity index (χ1) is 18.2. The van der Waals surface area contributed by atoms with Crippen molar-refractivity contribution in [2.45, 2.75) is 172 Å². The predicted molar refractivity (Wildman–Crippen MR) is 174 cm³/mol. The lowest BCUT2D eigenvalue weighted by Gasteiger charge is -2.56. The van der Waals surface area contributed by atoms with Crippen LogP contribution in [0.4, 0.5) is 0 Å². The first-order valence-electron chi connectivity index (χ1n) is 17.5. The van der Waals surface area contributed by atoms with Gasteiger partial charge in [0.25, 0.3) is 0 Å².